The van der Waals surface area contributed by atoms with Gasteiger partial charge in [0.05, 0.1) is 6.26 Å². The lowest BCUT2D eigenvalue weighted by atomic mass is 10.1. The molecule has 1 unspecified atom stereocenters. The van der Waals surface area contributed by atoms with Crippen LogP contribution in [0.15, 0.2) is 22.8 Å². The molecule has 1 atom stereocenters. The third-order valence-corrected chi connectivity index (χ3v) is 3.38. The molecule has 2 heterocycles. The first-order chi connectivity index (χ1) is 9.66. The first-order valence-electron chi connectivity index (χ1n) is 6.99. The Bertz CT molecular complexity index is 439. The number of aryl methyl sites for hydroxylation is 1. The van der Waals surface area contributed by atoms with Crippen LogP contribution < -0.4 is 10.6 Å². The van der Waals surface area contributed by atoms with Gasteiger partial charge in [0.2, 0.25) is 0 Å². The highest BCUT2D eigenvalue weighted by molar-refractivity contribution is 6.35. The molecule has 2 amide bonds. The summed E-state index contributed by atoms with van der Waals surface area (Å²) in [5.74, 6) is -0.0604. The van der Waals surface area contributed by atoms with E-state index in [1.165, 1.54) is 0 Å². The van der Waals surface area contributed by atoms with Crippen LogP contribution in [-0.4, -0.2) is 48.9 Å². The Morgan fingerprint density at radius 3 is 2.85 bits per heavy atom. The van der Waals surface area contributed by atoms with Crippen LogP contribution in [0.1, 0.15) is 19.1 Å². The molecule has 1 fully saturated rings. The molecule has 6 nitrogen and oxygen atoms in total. The van der Waals surface area contributed by atoms with Crippen molar-refractivity contribution >= 4 is 11.8 Å². The molecule has 2 rings (SSSR count). The summed E-state index contributed by atoms with van der Waals surface area (Å²) < 4.78 is 5.24. The number of piperazine rings is 1. The average Bonchev–Trinajstić information content (AvgIpc) is 2.98. The van der Waals surface area contributed by atoms with Crippen LogP contribution in [0.25, 0.3) is 0 Å². The summed E-state index contributed by atoms with van der Waals surface area (Å²) in [6.45, 7) is 4.56. The first kappa shape index (κ1) is 14.6. The third-order valence-electron chi connectivity index (χ3n) is 3.38. The third kappa shape index (κ3) is 4.09. The number of hydrogen-bond acceptors (Lipinski definition) is 4. The SMILES string of the molecule is CC(CCc1ccco1)NC(=O)C(=O)N1CCNCC1. The van der Waals surface area contributed by atoms with E-state index in [2.05, 4.69) is 10.6 Å². The maximum Gasteiger partial charge on any atom is 0.311 e. The van der Waals surface area contributed by atoms with Gasteiger partial charge in [0.15, 0.2) is 0 Å². The number of nitrogens with one attached hydrogen (secondary N) is 2. The maximum absolute atomic E-state index is 11.9. The Labute approximate surface area is 118 Å². The number of carbonyl (C=O) groups is 2. The van der Waals surface area contributed by atoms with Gasteiger partial charge in [0.25, 0.3) is 0 Å². The second-order valence-corrected chi connectivity index (χ2v) is 5.03. The molecule has 1 aliphatic heterocycles. The van der Waals surface area contributed by atoms with Crippen molar-refractivity contribution in [2.24, 2.45) is 0 Å². The number of hydrogen-bond donors (Lipinski definition) is 2. The average molecular weight is 279 g/mol. The van der Waals surface area contributed by atoms with Gasteiger partial charge < -0.3 is 20.0 Å². The first-order valence-corrected chi connectivity index (χ1v) is 6.99. The number of nitrogens with zero attached hydrogens (tertiary/aromatic N) is 1. The molecular formula is C14H21N3O3. The topological polar surface area (TPSA) is 74.6 Å². The predicted octanol–water partition coefficient (Wildman–Crippen LogP) is 0.149. The highest BCUT2D eigenvalue weighted by Crippen LogP contribution is 2.06. The van der Waals surface area contributed by atoms with Crippen molar-refractivity contribution in [3.05, 3.63) is 24.2 Å². The van der Waals surface area contributed by atoms with Crippen LogP contribution in [0, 0.1) is 0 Å². The van der Waals surface area contributed by atoms with E-state index in [1.54, 1.807) is 11.2 Å². The zero-order valence-corrected chi connectivity index (χ0v) is 11.7. The fourth-order valence-electron chi connectivity index (χ4n) is 2.18. The van der Waals surface area contributed by atoms with Gasteiger partial charge in [-0.1, -0.05) is 0 Å². The van der Waals surface area contributed by atoms with Gasteiger partial charge in [-0.25, -0.2) is 0 Å². The Balaban J connectivity index is 1.73. The summed E-state index contributed by atoms with van der Waals surface area (Å²) in [4.78, 5) is 25.4. The monoisotopic (exact) mass is 279 g/mol. The van der Waals surface area contributed by atoms with Crippen LogP contribution in [0.3, 0.4) is 0 Å². The van der Waals surface area contributed by atoms with E-state index in [-0.39, 0.29) is 6.04 Å². The van der Waals surface area contributed by atoms with Crippen LogP contribution >= 0.6 is 0 Å². The van der Waals surface area contributed by atoms with Gasteiger partial charge in [0, 0.05) is 38.6 Å². The van der Waals surface area contributed by atoms with E-state index < -0.39 is 11.8 Å². The fourth-order valence-corrected chi connectivity index (χ4v) is 2.18. The Hall–Kier alpha value is -1.82. The zero-order chi connectivity index (χ0) is 14.4. The van der Waals surface area contributed by atoms with E-state index in [1.807, 2.05) is 19.1 Å². The molecule has 0 aromatic carbocycles. The summed E-state index contributed by atoms with van der Waals surface area (Å²) in [5, 5.41) is 5.90. The quantitative estimate of drug-likeness (QED) is 0.769. The molecule has 20 heavy (non-hydrogen) atoms. The highest BCUT2D eigenvalue weighted by Gasteiger charge is 2.24. The molecule has 2 N–H and O–H groups in total. The van der Waals surface area contributed by atoms with Crippen molar-refractivity contribution in [3.63, 3.8) is 0 Å². The van der Waals surface area contributed by atoms with Gasteiger partial charge in [-0.2, -0.15) is 0 Å². The number of rotatable bonds is 4. The summed E-state index contributed by atoms with van der Waals surface area (Å²) in [5.41, 5.74) is 0. The number of furan rings is 1. The molecular weight excluding hydrogens is 258 g/mol. The molecule has 110 valence electrons. The molecule has 0 radical (unpaired) electrons. The van der Waals surface area contributed by atoms with Crippen molar-refractivity contribution in [1.82, 2.24) is 15.5 Å². The summed E-state index contributed by atoms with van der Waals surface area (Å²) >= 11 is 0. The summed E-state index contributed by atoms with van der Waals surface area (Å²) in [6, 6.07) is 3.69. The van der Waals surface area contributed by atoms with Crippen molar-refractivity contribution in [2.75, 3.05) is 26.2 Å². The largest absolute Gasteiger partial charge is 0.469 e. The molecule has 1 aromatic heterocycles. The Kier molecular flexibility index (Phi) is 5.17. The van der Waals surface area contributed by atoms with Gasteiger partial charge in [-0.05, 0) is 25.5 Å². The summed E-state index contributed by atoms with van der Waals surface area (Å²) in [6.07, 6.45) is 3.12. The highest BCUT2D eigenvalue weighted by atomic mass is 16.3. The maximum atomic E-state index is 11.9. The lowest BCUT2D eigenvalue weighted by Gasteiger charge is -2.27. The van der Waals surface area contributed by atoms with E-state index in [0.29, 0.717) is 13.1 Å². The van der Waals surface area contributed by atoms with Gasteiger partial charge in [-0.3, -0.25) is 9.59 Å². The Morgan fingerprint density at radius 1 is 1.45 bits per heavy atom. The van der Waals surface area contributed by atoms with Gasteiger partial charge in [-0.15, -0.1) is 0 Å². The van der Waals surface area contributed by atoms with E-state index in [0.717, 1.165) is 31.7 Å². The minimum absolute atomic E-state index is 0.0561. The predicted molar refractivity (Wildman–Crippen MR) is 74.1 cm³/mol. The molecule has 0 saturated carbocycles. The minimum atomic E-state index is -0.515. The molecule has 0 bridgehead atoms. The standard InChI is InChI=1S/C14H21N3O3/c1-11(4-5-12-3-2-10-20-12)16-13(18)14(19)17-8-6-15-7-9-17/h2-3,10-11,15H,4-9H2,1H3,(H,16,18). The molecule has 1 aromatic rings. The van der Waals surface area contributed by atoms with Crippen LogP contribution in [-0.2, 0) is 16.0 Å². The van der Waals surface area contributed by atoms with E-state index in [9.17, 15) is 9.59 Å². The minimum Gasteiger partial charge on any atom is -0.469 e. The lowest BCUT2D eigenvalue weighted by molar-refractivity contribution is -0.146. The van der Waals surface area contributed by atoms with E-state index >= 15 is 0 Å². The fraction of sp³-hybridized carbons (Fsp3) is 0.571. The lowest BCUT2D eigenvalue weighted by Crippen LogP contribution is -2.52. The smallest absolute Gasteiger partial charge is 0.311 e. The second-order valence-electron chi connectivity index (χ2n) is 5.03. The molecule has 6 heteroatoms. The molecule has 0 aliphatic carbocycles. The van der Waals surface area contributed by atoms with Gasteiger partial charge in [0.1, 0.15) is 5.76 Å². The van der Waals surface area contributed by atoms with Gasteiger partial charge >= 0.3 is 11.8 Å². The zero-order valence-electron chi connectivity index (χ0n) is 11.7. The molecule has 0 spiro atoms. The molecule has 1 aliphatic rings. The van der Waals surface area contributed by atoms with Crippen molar-refractivity contribution in [2.45, 2.75) is 25.8 Å². The van der Waals surface area contributed by atoms with Crippen LogP contribution in [0.5, 0.6) is 0 Å². The van der Waals surface area contributed by atoms with Crippen LogP contribution in [0.2, 0.25) is 0 Å². The van der Waals surface area contributed by atoms with Crippen molar-refractivity contribution in [1.29, 1.82) is 0 Å². The number of carbonyl (C=O) groups excluding carboxylic acids is 2. The molecule has 1 saturated heterocycles. The normalized spacial score (nSPS) is 16.8. The van der Waals surface area contributed by atoms with Crippen LogP contribution in [0.4, 0.5) is 0 Å². The van der Waals surface area contributed by atoms with Crippen molar-refractivity contribution in [3.8, 4) is 0 Å². The number of amides is 2. The summed E-state index contributed by atoms with van der Waals surface area (Å²) in [7, 11) is 0. The second kappa shape index (κ2) is 7.09. The van der Waals surface area contributed by atoms with Crippen molar-refractivity contribution < 1.29 is 14.0 Å². The Morgan fingerprint density at radius 2 is 2.20 bits per heavy atom. The van der Waals surface area contributed by atoms with E-state index in [4.69, 9.17) is 4.42 Å².